The zero-order chi connectivity index (χ0) is 13.0. The van der Waals surface area contributed by atoms with Crippen molar-refractivity contribution in [3.63, 3.8) is 0 Å². The summed E-state index contributed by atoms with van der Waals surface area (Å²) < 4.78 is 5.32. The van der Waals surface area contributed by atoms with Gasteiger partial charge in [0.15, 0.2) is 0 Å². The van der Waals surface area contributed by atoms with Crippen molar-refractivity contribution in [1.29, 1.82) is 0 Å². The van der Waals surface area contributed by atoms with Crippen LogP contribution in [-0.2, 0) is 0 Å². The van der Waals surface area contributed by atoms with Crippen LogP contribution in [0.3, 0.4) is 0 Å². The van der Waals surface area contributed by atoms with E-state index in [0.29, 0.717) is 0 Å². The molecular formula is C15H16ClNO. The van der Waals surface area contributed by atoms with Crippen molar-refractivity contribution in [3.8, 4) is 5.75 Å². The first-order valence-electron chi connectivity index (χ1n) is 5.81. The Bertz CT molecular complexity index is 513. The quantitative estimate of drug-likeness (QED) is 0.652. The summed E-state index contributed by atoms with van der Waals surface area (Å²) >= 11 is 6.36. The molecule has 1 atom stereocenters. The largest absolute Gasteiger partial charge is 0.495 e. The molecule has 2 aromatic carbocycles. The number of halogens is 1. The number of rotatable bonds is 4. The number of methoxy groups -OCH3 is 1. The van der Waals surface area contributed by atoms with Gasteiger partial charge in [0.25, 0.3) is 0 Å². The van der Waals surface area contributed by atoms with E-state index in [1.165, 1.54) is 0 Å². The predicted octanol–water partition coefficient (Wildman–Crippen LogP) is 4.35. The molecule has 2 rings (SSSR count). The van der Waals surface area contributed by atoms with Crippen LogP contribution in [0.4, 0.5) is 5.69 Å². The zero-order valence-electron chi connectivity index (χ0n) is 10.5. The Balaban J connectivity index is 2.21. The second-order valence-electron chi connectivity index (χ2n) is 4.12. The molecule has 1 N–H and O–H groups in total. The van der Waals surface area contributed by atoms with Crippen molar-refractivity contribution in [2.24, 2.45) is 0 Å². The second-order valence-corrected chi connectivity index (χ2v) is 4.56. The van der Waals surface area contributed by atoms with E-state index in [9.17, 15) is 0 Å². The smallest absolute Gasteiger partial charge is 0.142 e. The molecule has 0 aliphatic carbocycles. The van der Waals surface area contributed by atoms with Crippen LogP contribution in [0.1, 0.15) is 16.6 Å². The molecule has 0 bridgehead atoms. The molecule has 2 nitrogen and oxygen atoms in total. The molecule has 0 heterocycles. The lowest BCUT2D eigenvalue weighted by molar-refractivity contribution is 0.416. The van der Waals surface area contributed by atoms with Crippen molar-refractivity contribution in [1.82, 2.24) is 0 Å². The maximum atomic E-state index is 6.36. The van der Waals surface area contributed by atoms with Crippen molar-refractivity contribution >= 4 is 17.3 Å². The molecule has 94 valence electrons. The van der Waals surface area contributed by atoms with Gasteiger partial charge in [-0.15, -0.1) is 0 Å². The second kappa shape index (κ2) is 5.78. The van der Waals surface area contributed by atoms with Crippen molar-refractivity contribution in [3.05, 3.63) is 59.7 Å². The molecule has 0 saturated heterocycles. The van der Waals surface area contributed by atoms with Gasteiger partial charge in [-0.3, -0.25) is 0 Å². The molecular weight excluding hydrogens is 246 g/mol. The van der Waals surface area contributed by atoms with E-state index in [4.69, 9.17) is 16.3 Å². The third kappa shape index (κ3) is 2.96. The first kappa shape index (κ1) is 12.8. The van der Waals surface area contributed by atoms with Crippen LogP contribution in [0, 0.1) is 6.92 Å². The Morgan fingerprint density at radius 3 is 2.50 bits per heavy atom. The van der Waals surface area contributed by atoms with E-state index in [1.807, 2.05) is 55.5 Å². The minimum Gasteiger partial charge on any atom is -0.495 e. The molecule has 0 amide bonds. The summed E-state index contributed by atoms with van der Waals surface area (Å²) in [6.45, 7) is 2.04. The van der Waals surface area contributed by atoms with E-state index < -0.39 is 0 Å². The van der Waals surface area contributed by atoms with Gasteiger partial charge in [0.2, 0.25) is 0 Å². The minimum absolute atomic E-state index is 0.276. The van der Waals surface area contributed by atoms with Gasteiger partial charge in [-0.1, -0.05) is 48.0 Å². The average molecular weight is 262 g/mol. The molecule has 18 heavy (non-hydrogen) atoms. The SMILES string of the molecule is COc1ccc(C)cc1NC(Cl)c1ccccc1. The normalized spacial score (nSPS) is 11.9. The maximum absolute atomic E-state index is 6.36. The molecule has 0 saturated carbocycles. The molecule has 0 fully saturated rings. The van der Waals surface area contributed by atoms with Crippen LogP contribution >= 0.6 is 11.6 Å². The fraction of sp³-hybridized carbons (Fsp3) is 0.200. The number of alkyl halides is 1. The van der Waals surface area contributed by atoms with E-state index in [1.54, 1.807) is 7.11 Å². The maximum Gasteiger partial charge on any atom is 0.142 e. The highest BCUT2D eigenvalue weighted by Gasteiger charge is 2.10. The Kier molecular flexibility index (Phi) is 4.11. The highest BCUT2D eigenvalue weighted by molar-refractivity contribution is 6.21. The van der Waals surface area contributed by atoms with Crippen LogP contribution in [0.2, 0.25) is 0 Å². The summed E-state index contributed by atoms with van der Waals surface area (Å²) in [5.41, 5.74) is 2.82. The highest BCUT2D eigenvalue weighted by Crippen LogP contribution is 2.30. The van der Waals surface area contributed by atoms with Gasteiger partial charge >= 0.3 is 0 Å². The van der Waals surface area contributed by atoms with Gasteiger partial charge in [0.1, 0.15) is 11.3 Å². The first-order valence-corrected chi connectivity index (χ1v) is 6.24. The lowest BCUT2D eigenvalue weighted by Crippen LogP contribution is -2.05. The Morgan fingerprint density at radius 1 is 1.11 bits per heavy atom. The summed E-state index contributed by atoms with van der Waals surface area (Å²) in [5.74, 6) is 0.794. The lowest BCUT2D eigenvalue weighted by atomic mass is 10.2. The standard InChI is InChI=1S/C15H16ClNO/c1-11-8-9-14(18-2)13(10-11)17-15(16)12-6-4-3-5-7-12/h3-10,15,17H,1-2H3. The van der Waals surface area contributed by atoms with Crippen LogP contribution in [0.25, 0.3) is 0 Å². The molecule has 0 aliphatic rings. The van der Waals surface area contributed by atoms with Crippen molar-refractivity contribution in [2.75, 3.05) is 12.4 Å². The van der Waals surface area contributed by atoms with E-state index in [-0.39, 0.29) is 5.50 Å². The number of aryl methyl sites for hydroxylation is 1. The minimum atomic E-state index is -0.276. The topological polar surface area (TPSA) is 21.3 Å². The van der Waals surface area contributed by atoms with Gasteiger partial charge in [0.05, 0.1) is 12.8 Å². The monoisotopic (exact) mass is 261 g/mol. The molecule has 0 spiro atoms. The van der Waals surface area contributed by atoms with Gasteiger partial charge in [-0.05, 0) is 30.2 Å². The molecule has 0 radical (unpaired) electrons. The van der Waals surface area contributed by atoms with Gasteiger partial charge in [0, 0.05) is 0 Å². The number of ether oxygens (including phenoxy) is 1. The average Bonchev–Trinajstić information content (AvgIpc) is 2.40. The fourth-order valence-corrected chi connectivity index (χ4v) is 2.04. The van der Waals surface area contributed by atoms with Gasteiger partial charge < -0.3 is 10.1 Å². The summed E-state index contributed by atoms with van der Waals surface area (Å²) in [7, 11) is 1.65. The summed E-state index contributed by atoms with van der Waals surface area (Å²) in [6, 6.07) is 15.9. The number of nitrogens with one attached hydrogen (secondary N) is 1. The zero-order valence-corrected chi connectivity index (χ0v) is 11.2. The van der Waals surface area contributed by atoms with E-state index in [2.05, 4.69) is 5.32 Å². The predicted molar refractivity (Wildman–Crippen MR) is 76.4 cm³/mol. The van der Waals surface area contributed by atoms with Crippen LogP contribution in [0.5, 0.6) is 5.75 Å². The third-order valence-corrected chi connectivity index (χ3v) is 3.09. The summed E-state index contributed by atoms with van der Waals surface area (Å²) in [6.07, 6.45) is 0. The van der Waals surface area contributed by atoms with Gasteiger partial charge in [-0.2, -0.15) is 0 Å². The van der Waals surface area contributed by atoms with Gasteiger partial charge in [-0.25, -0.2) is 0 Å². The number of benzene rings is 2. The Hall–Kier alpha value is -1.67. The number of hydrogen-bond acceptors (Lipinski definition) is 2. The molecule has 2 aromatic rings. The molecule has 0 aromatic heterocycles. The van der Waals surface area contributed by atoms with Crippen LogP contribution < -0.4 is 10.1 Å². The Morgan fingerprint density at radius 2 is 1.83 bits per heavy atom. The number of anilines is 1. The lowest BCUT2D eigenvalue weighted by Gasteiger charge is -2.16. The molecule has 1 unspecified atom stereocenters. The first-order chi connectivity index (χ1) is 8.70. The molecule has 0 aliphatic heterocycles. The third-order valence-electron chi connectivity index (χ3n) is 2.73. The number of hydrogen-bond donors (Lipinski definition) is 1. The van der Waals surface area contributed by atoms with Crippen molar-refractivity contribution in [2.45, 2.75) is 12.4 Å². The van der Waals surface area contributed by atoms with Crippen LogP contribution in [0.15, 0.2) is 48.5 Å². The Labute approximate surface area is 113 Å². The molecule has 3 heteroatoms. The van der Waals surface area contributed by atoms with E-state index >= 15 is 0 Å². The fourth-order valence-electron chi connectivity index (χ4n) is 1.78. The summed E-state index contributed by atoms with van der Waals surface area (Å²) in [5, 5.41) is 3.26. The van der Waals surface area contributed by atoms with E-state index in [0.717, 1.165) is 22.6 Å². The summed E-state index contributed by atoms with van der Waals surface area (Å²) in [4.78, 5) is 0. The highest BCUT2D eigenvalue weighted by atomic mass is 35.5. The van der Waals surface area contributed by atoms with Crippen LogP contribution in [-0.4, -0.2) is 7.11 Å². The van der Waals surface area contributed by atoms with Crippen molar-refractivity contribution < 1.29 is 4.74 Å².